The number of carbonyl (C=O) groups is 1. The fraction of sp³-hybridized carbons (Fsp3) is 0.238. The van der Waals surface area contributed by atoms with Gasteiger partial charge < -0.3 is 13.7 Å². The van der Waals surface area contributed by atoms with Crippen LogP contribution in [-0.2, 0) is 17.7 Å². The van der Waals surface area contributed by atoms with Crippen LogP contribution in [0.4, 0.5) is 0 Å². The lowest BCUT2D eigenvalue weighted by atomic mass is 10.2. The molecule has 0 amide bonds. The maximum Gasteiger partial charge on any atom is 0.354 e. The molecule has 7 heteroatoms. The van der Waals surface area contributed by atoms with Gasteiger partial charge in [-0.15, -0.1) is 11.3 Å². The number of oxazole rings is 1. The zero-order valence-electron chi connectivity index (χ0n) is 15.8. The molecule has 1 aromatic carbocycles. The van der Waals surface area contributed by atoms with Crippen molar-refractivity contribution in [3.05, 3.63) is 63.4 Å². The van der Waals surface area contributed by atoms with Crippen LogP contribution < -0.4 is 0 Å². The van der Waals surface area contributed by atoms with Crippen LogP contribution >= 0.6 is 22.9 Å². The number of esters is 1. The SMILES string of the molecule is CCc1cc2c(cc(C(=O)OC)n2Cc2nc(-c3ccccc3Cl)oc2C)s1. The van der Waals surface area contributed by atoms with E-state index in [-0.39, 0.29) is 5.97 Å². The van der Waals surface area contributed by atoms with Crippen LogP contribution in [0.5, 0.6) is 0 Å². The monoisotopic (exact) mass is 414 g/mol. The number of halogens is 1. The van der Waals surface area contributed by atoms with Crippen LogP contribution in [0, 0.1) is 6.92 Å². The zero-order valence-corrected chi connectivity index (χ0v) is 17.4. The molecule has 3 aromatic heterocycles. The number of thiophene rings is 1. The van der Waals surface area contributed by atoms with Crippen LogP contribution in [0.25, 0.3) is 21.7 Å². The molecule has 0 spiro atoms. The van der Waals surface area contributed by atoms with E-state index in [0.717, 1.165) is 27.9 Å². The van der Waals surface area contributed by atoms with Gasteiger partial charge in [0.25, 0.3) is 0 Å². The molecule has 4 rings (SSSR count). The second-order valence-corrected chi connectivity index (χ2v) is 8.00. The quantitative estimate of drug-likeness (QED) is 0.392. The van der Waals surface area contributed by atoms with E-state index in [9.17, 15) is 4.79 Å². The average Bonchev–Trinajstić information content (AvgIpc) is 3.35. The smallest absolute Gasteiger partial charge is 0.354 e. The summed E-state index contributed by atoms with van der Waals surface area (Å²) < 4.78 is 13.8. The lowest BCUT2D eigenvalue weighted by molar-refractivity contribution is 0.0589. The lowest BCUT2D eigenvalue weighted by Crippen LogP contribution is -2.12. The fourth-order valence-electron chi connectivity index (χ4n) is 3.19. The minimum absolute atomic E-state index is 0.367. The maximum atomic E-state index is 12.3. The summed E-state index contributed by atoms with van der Waals surface area (Å²) >= 11 is 7.97. The average molecular weight is 415 g/mol. The Morgan fingerprint density at radius 2 is 2.11 bits per heavy atom. The molecular weight excluding hydrogens is 396 g/mol. The third kappa shape index (κ3) is 3.23. The van der Waals surface area contributed by atoms with E-state index in [4.69, 9.17) is 20.8 Å². The topological polar surface area (TPSA) is 57.3 Å². The molecule has 0 fully saturated rings. The first kappa shape index (κ1) is 18.8. The number of nitrogens with zero attached hydrogens (tertiary/aromatic N) is 2. The fourth-order valence-corrected chi connectivity index (χ4v) is 4.44. The standard InChI is InChI=1S/C21H19ClN2O3S/c1-4-13-9-17-19(28-13)10-18(21(25)26-3)24(17)11-16-12(2)27-20(23-16)14-7-5-6-8-15(14)22/h5-10H,4,11H2,1-3H3. The van der Waals surface area contributed by atoms with Crippen molar-refractivity contribution in [1.82, 2.24) is 9.55 Å². The molecule has 28 heavy (non-hydrogen) atoms. The van der Waals surface area contributed by atoms with Gasteiger partial charge in [0.2, 0.25) is 5.89 Å². The number of hydrogen-bond donors (Lipinski definition) is 0. The van der Waals surface area contributed by atoms with Gasteiger partial charge in [-0.2, -0.15) is 0 Å². The van der Waals surface area contributed by atoms with Crippen LogP contribution in [0.15, 0.2) is 40.8 Å². The van der Waals surface area contributed by atoms with Crippen molar-refractivity contribution in [3.63, 3.8) is 0 Å². The lowest BCUT2D eigenvalue weighted by Gasteiger charge is -2.07. The summed E-state index contributed by atoms with van der Waals surface area (Å²) in [6.45, 7) is 4.40. The van der Waals surface area contributed by atoms with E-state index in [1.165, 1.54) is 12.0 Å². The molecule has 0 bridgehead atoms. The number of aryl methyl sites for hydroxylation is 2. The third-order valence-electron chi connectivity index (χ3n) is 4.69. The Morgan fingerprint density at radius 3 is 2.82 bits per heavy atom. The Balaban J connectivity index is 1.78. The molecule has 0 radical (unpaired) electrons. The molecule has 0 aliphatic carbocycles. The normalized spacial score (nSPS) is 11.3. The number of hydrogen-bond acceptors (Lipinski definition) is 5. The van der Waals surface area contributed by atoms with Gasteiger partial charge in [-0.25, -0.2) is 9.78 Å². The van der Waals surface area contributed by atoms with E-state index >= 15 is 0 Å². The summed E-state index contributed by atoms with van der Waals surface area (Å²) in [5.74, 6) is 0.799. The summed E-state index contributed by atoms with van der Waals surface area (Å²) in [4.78, 5) is 18.2. The predicted molar refractivity (Wildman–Crippen MR) is 111 cm³/mol. The highest BCUT2D eigenvalue weighted by Crippen LogP contribution is 2.32. The van der Waals surface area contributed by atoms with Crippen LogP contribution in [0.3, 0.4) is 0 Å². The van der Waals surface area contributed by atoms with Crippen LogP contribution in [0.2, 0.25) is 5.02 Å². The molecule has 0 aliphatic rings. The number of ether oxygens (including phenoxy) is 1. The Hall–Kier alpha value is -2.57. The van der Waals surface area contributed by atoms with Gasteiger partial charge in [0.05, 0.1) is 34.5 Å². The highest BCUT2D eigenvalue weighted by Gasteiger charge is 2.21. The second kappa shape index (κ2) is 7.45. The number of aromatic nitrogens is 2. The number of rotatable bonds is 5. The van der Waals surface area contributed by atoms with Crippen molar-refractivity contribution in [2.45, 2.75) is 26.8 Å². The summed E-state index contributed by atoms with van der Waals surface area (Å²) in [6.07, 6.45) is 0.951. The molecular formula is C21H19ClN2O3S. The molecule has 0 aliphatic heterocycles. The highest BCUT2D eigenvalue weighted by molar-refractivity contribution is 7.19. The van der Waals surface area contributed by atoms with Crippen molar-refractivity contribution >= 4 is 39.1 Å². The first-order valence-electron chi connectivity index (χ1n) is 8.93. The molecule has 0 N–H and O–H groups in total. The molecule has 0 saturated carbocycles. The molecule has 5 nitrogen and oxygen atoms in total. The Morgan fingerprint density at radius 1 is 1.32 bits per heavy atom. The third-order valence-corrected chi connectivity index (χ3v) is 6.23. The van der Waals surface area contributed by atoms with Gasteiger partial charge in [-0.1, -0.05) is 30.7 Å². The first-order valence-corrected chi connectivity index (χ1v) is 10.1. The minimum atomic E-state index is -0.367. The van der Waals surface area contributed by atoms with E-state index in [1.54, 1.807) is 17.4 Å². The van der Waals surface area contributed by atoms with E-state index in [2.05, 4.69) is 18.0 Å². The molecule has 3 heterocycles. The summed E-state index contributed by atoms with van der Waals surface area (Å²) in [7, 11) is 1.39. The van der Waals surface area contributed by atoms with Gasteiger partial charge in [-0.3, -0.25) is 0 Å². The summed E-state index contributed by atoms with van der Waals surface area (Å²) in [5, 5.41) is 0.583. The van der Waals surface area contributed by atoms with Gasteiger partial charge in [0.15, 0.2) is 0 Å². The zero-order chi connectivity index (χ0) is 19.8. The van der Waals surface area contributed by atoms with Crippen LogP contribution in [0.1, 0.15) is 33.7 Å². The van der Waals surface area contributed by atoms with Gasteiger partial charge in [0, 0.05) is 4.88 Å². The number of carbonyl (C=O) groups excluding carboxylic acids is 1. The van der Waals surface area contributed by atoms with E-state index < -0.39 is 0 Å². The van der Waals surface area contributed by atoms with Crippen molar-refractivity contribution < 1.29 is 13.9 Å². The molecule has 144 valence electrons. The summed E-state index contributed by atoms with van der Waals surface area (Å²) in [5.41, 5.74) is 3.01. The highest BCUT2D eigenvalue weighted by atomic mass is 35.5. The Bertz CT molecular complexity index is 1170. The van der Waals surface area contributed by atoms with Crippen molar-refractivity contribution in [3.8, 4) is 11.5 Å². The number of fused-ring (bicyclic) bond motifs is 1. The molecule has 0 saturated heterocycles. The summed E-state index contributed by atoms with van der Waals surface area (Å²) in [6, 6.07) is 11.4. The molecule has 0 atom stereocenters. The van der Waals surface area contributed by atoms with E-state index in [1.807, 2.05) is 35.8 Å². The maximum absolute atomic E-state index is 12.3. The predicted octanol–water partition coefficient (Wildman–Crippen LogP) is 5.72. The number of benzene rings is 1. The van der Waals surface area contributed by atoms with Crippen LogP contribution in [-0.4, -0.2) is 22.6 Å². The Labute approximate surface area is 171 Å². The van der Waals surface area contributed by atoms with Crippen molar-refractivity contribution in [2.75, 3.05) is 7.11 Å². The molecule has 4 aromatic rings. The minimum Gasteiger partial charge on any atom is -0.464 e. The van der Waals surface area contributed by atoms with Gasteiger partial charge in [0.1, 0.15) is 17.1 Å². The molecule has 0 unspecified atom stereocenters. The van der Waals surface area contributed by atoms with E-state index in [0.29, 0.717) is 28.9 Å². The van der Waals surface area contributed by atoms with Crippen molar-refractivity contribution in [2.24, 2.45) is 0 Å². The largest absolute Gasteiger partial charge is 0.464 e. The van der Waals surface area contributed by atoms with Gasteiger partial charge >= 0.3 is 5.97 Å². The van der Waals surface area contributed by atoms with Crippen molar-refractivity contribution in [1.29, 1.82) is 0 Å². The second-order valence-electron chi connectivity index (χ2n) is 6.42. The first-order chi connectivity index (χ1) is 13.5. The number of methoxy groups -OCH3 is 1. The Kier molecular flexibility index (Phi) is 5.00. The van der Waals surface area contributed by atoms with Gasteiger partial charge in [-0.05, 0) is 37.6 Å².